The van der Waals surface area contributed by atoms with Crippen molar-refractivity contribution in [1.82, 2.24) is 9.88 Å². The van der Waals surface area contributed by atoms with Gasteiger partial charge >= 0.3 is 11.9 Å². The van der Waals surface area contributed by atoms with Crippen molar-refractivity contribution in [3.8, 4) is 5.88 Å². The topological polar surface area (TPSA) is 117 Å². The molecule has 2 aromatic rings. The molecule has 0 saturated carbocycles. The summed E-state index contributed by atoms with van der Waals surface area (Å²) in [5.41, 5.74) is 1.21. The number of aromatic nitrogens is 1. The van der Waals surface area contributed by atoms with Crippen LogP contribution < -0.4 is 4.74 Å². The second-order valence-corrected chi connectivity index (χ2v) is 8.46. The monoisotopic (exact) mass is 546 g/mol. The molecule has 0 bridgehead atoms. The van der Waals surface area contributed by atoms with Crippen LogP contribution in [-0.4, -0.2) is 64.6 Å². The van der Waals surface area contributed by atoms with Gasteiger partial charge in [-0.1, -0.05) is 34.8 Å². The van der Waals surface area contributed by atoms with Crippen molar-refractivity contribution in [3.63, 3.8) is 0 Å². The number of carboxylic acids is 2. The van der Waals surface area contributed by atoms with Gasteiger partial charge in [0.15, 0.2) is 5.78 Å². The number of carboxylic acid groups (broad SMARTS) is 2. The van der Waals surface area contributed by atoms with Crippen molar-refractivity contribution in [2.75, 3.05) is 26.7 Å². The molecule has 0 atom stereocenters. The number of benzene rings is 1. The Hall–Kier alpha value is -3.30. The largest absolute Gasteiger partial charge is 0.478 e. The molecule has 35 heavy (non-hydrogen) atoms. The summed E-state index contributed by atoms with van der Waals surface area (Å²) in [7, 11) is 2.11. The lowest BCUT2D eigenvalue weighted by Crippen LogP contribution is -2.19. The zero-order valence-electron chi connectivity index (χ0n) is 19.7. The number of halogens is 1. The number of hydrogen-bond donors (Lipinski definition) is 2. The summed E-state index contributed by atoms with van der Waals surface area (Å²) in [6, 6.07) is 10.8. The van der Waals surface area contributed by atoms with Crippen molar-refractivity contribution < 1.29 is 29.3 Å². The molecule has 0 fully saturated rings. The third-order valence-electron chi connectivity index (χ3n) is 4.60. The first-order valence-corrected chi connectivity index (χ1v) is 11.8. The van der Waals surface area contributed by atoms with E-state index in [0.29, 0.717) is 35.8 Å². The Balaban J connectivity index is 0.000000658. The number of nitrogens with zero attached hydrogens (tertiary/aromatic N) is 2. The fraction of sp³-hybridized carbons (Fsp3) is 0.308. The van der Waals surface area contributed by atoms with Crippen LogP contribution in [0.25, 0.3) is 0 Å². The molecule has 9 heteroatoms. The average Bonchev–Trinajstić information content (AvgIpc) is 2.83. The summed E-state index contributed by atoms with van der Waals surface area (Å²) in [6.45, 7) is 6.43. The number of carbonyl (C=O) groups is 3. The van der Waals surface area contributed by atoms with Crippen molar-refractivity contribution in [2.45, 2.75) is 25.7 Å². The van der Waals surface area contributed by atoms with Gasteiger partial charge in [-0.3, -0.25) is 4.79 Å². The first-order chi connectivity index (χ1) is 16.7. The van der Waals surface area contributed by atoms with E-state index in [1.54, 1.807) is 30.5 Å². The van der Waals surface area contributed by atoms with Gasteiger partial charge in [-0.05, 0) is 56.8 Å². The third-order valence-corrected chi connectivity index (χ3v) is 5.13. The van der Waals surface area contributed by atoms with Gasteiger partial charge in [0.1, 0.15) is 0 Å². The van der Waals surface area contributed by atoms with E-state index < -0.39 is 11.9 Å². The Bertz CT molecular complexity index is 958. The smallest absolute Gasteiger partial charge is 0.328 e. The molecule has 1 aromatic heterocycles. The van der Waals surface area contributed by atoms with Crippen molar-refractivity contribution in [1.29, 1.82) is 0 Å². The van der Waals surface area contributed by atoms with Crippen LogP contribution in [0.3, 0.4) is 0 Å². The van der Waals surface area contributed by atoms with E-state index >= 15 is 0 Å². The zero-order valence-corrected chi connectivity index (χ0v) is 21.3. The van der Waals surface area contributed by atoms with Gasteiger partial charge in [-0.25, -0.2) is 14.6 Å². The van der Waals surface area contributed by atoms with Crippen molar-refractivity contribution in [2.24, 2.45) is 0 Å². The van der Waals surface area contributed by atoms with Crippen LogP contribution in [0.2, 0.25) is 0 Å². The highest BCUT2D eigenvalue weighted by Gasteiger charge is 2.09. The normalized spacial score (nSPS) is 10.5. The Morgan fingerprint density at radius 3 is 2.11 bits per heavy atom. The number of likely N-dealkylation sites (N-methyl/N-ethyl adjacent to an activating group) is 1. The number of ether oxygens (including phenoxy) is 1. The molecule has 0 aliphatic heterocycles. The summed E-state index contributed by atoms with van der Waals surface area (Å²) >= 11 is 3.37. The van der Waals surface area contributed by atoms with E-state index in [9.17, 15) is 14.4 Å². The lowest BCUT2D eigenvalue weighted by atomic mass is 10.1. The molecule has 1 aromatic carbocycles. The van der Waals surface area contributed by atoms with Crippen LogP contribution in [0.1, 0.15) is 41.6 Å². The molecule has 2 rings (SSSR count). The van der Waals surface area contributed by atoms with Gasteiger partial charge < -0.3 is 19.8 Å². The van der Waals surface area contributed by atoms with Crippen LogP contribution in [-0.2, 0) is 9.59 Å². The number of pyridine rings is 1. The molecule has 8 nitrogen and oxygen atoms in total. The Morgan fingerprint density at radius 1 is 0.971 bits per heavy atom. The molecule has 0 saturated heterocycles. The maximum Gasteiger partial charge on any atom is 0.328 e. The van der Waals surface area contributed by atoms with Crippen LogP contribution in [0.5, 0.6) is 5.88 Å². The number of aliphatic carboxylic acids is 2. The zero-order chi connectivity index (χ0) is 26.1. The van der Waals surface area contributed by atoms with Gasteiger partial charge in [-0.2, -0.15) is 0 Å². The lowest BCUT2D eigenvalue weighted by Gasteiger charge is -2.13. The van der Waals surface area contributed by atoms with Crippen molar-refractivity contribution in [3.05, 3.63) is 83.0 Å². The van der Waals surface area contributed by atoms with Gasteiger partial charge in [-0.15, -0.1) is 6.58 Å². The fourth-order valence-corrected chi connectivity index (χ4v) is 3.10. The maximum absolute atomic E-state index is 12.4. The van der Waals surface area contributed by atoms with Gasteiger partial charge in [0.05, 0.1) is 6.61 Å². The molecule has 0 aliphatic rings. The minimum atomic E-state index is -1.26. The SMILES string of the molecule is C=CCN(C)CCCCCCOc1ccc(C(=O)c2ccc(Br)cc2)cn1.O=C(O)/C=C/C(=O)O. The van der Waals surface area contributed by atoms with E-state index in [1.165, 1.54) is 12.8 Å². The summed E-state index contributed by atoms with van der Waals surface area (Å²) in [4.78, 5) is 38.0. The van der Waals surface area contributed by atoms with Gasteiger partial charge in [0.2, 0.25) is 5.88 Å². The molecule has 188 valence electrons. The minimum Gasteiger partial charge on any atom is -0.478 e. The van der Waals surface area contributed by atoms with Crippen molar-refractivity contribution >= 4 is 33.7 Å². The second-order valence-electron chi connectivity index (χ2n) is 7.54. The number of rotatable bonds is 14. The van der Waals surface area contributed by atoms with E-state index in [2.05, 4.69) is 39.4 Å². The highest BCUT2D eigenvalue weighted by molar-refractivity contribution is 9.10. The molecule has 0 unspecified atom stereocenters. The van der Waals surface area contributed by atoms with Crippen LogP contribution in [0.4, 0.5) is 0 Å². The number of hydrogen-bond acceptors (Lipinski definition) is 6. The quantitative estimate of drug-likeness (QED) is 0.149. The molecule has 1 heterocycles. The first-order valence-electron chi connectivity index (χ1n) is 11.1. The van der Waals surface area contributed by atoms with Gasteiger partial charge in [0.25, 0.3) is 0 Å². The Morgan fingerprint density at radius 2 is 1.57 bits per heavy atom. The molecule has 0 spiro atoms. The molecule has 0 aliphatic carbocycles. The van der Waals surface area contributed by atoms with E-state index in [0.717, 1.165) is 30.4 Å². The maximum atomic E-state index is 12.4. The predicted molar refractivity (Wildman–Crippen MR) is 138 cm³/mol. The number of ketones is 1. The molecule has 0 radical (unpaired) electrons. The summed E-state index contributed by atoms with van der Waals surface area (Å²) in [5, 5.41) is 15.6. The second kappa shape index (κ2) is 17.2. The standard InChI is InChI=1S/C22H27BrN2O2.C4H4O4/c1-3-14-25(2)15-6-4-5-7-16-27-21-13-10-19(17-24-21)22(26)18-8-11-20(23)12-9-18;5-3(6)1-2-4(7)8/h3,8-13,17H,1,4-7,14-16H2,2H3;1-2H,(H,5,6)(H,7,8)/b;2-1+. The first kappa shape index (κ1) is 29.7. The van der Waals surface area contributed by atoms with Gasteiger partial charge in [0, 0.05) is 46.6 Å². The summed E-state index contributed by atoms with van der Waals surface area (Å²) in [6.07, 6.45) is 9.15. The van der Waals surface area contributed by atoms with E-state index in [-0.39, 0.29) is 5.78 Å². The molecule has 2 N–H and O–H groups in total. The summed E-state index contributed by atoms with van der Waals surface area (Å²) in [5.74, 6) is -1.99. The van der Waals surface area contributed by atoms with Crippen LogP contribution in [0.15, 0.2) is 71.9 Å². The number of carbonyl (C=O) groups excluding carboxylic acids is 1. The molecule has 0 amide bonds. The van der Waals surface area contributed by atoms with E-state index in [1.807, 2.05) is 18.2 Å². The Kier molecular flexibility index (Phi) is 14.6. The number of unbranched alkanes of at least 4 members (excludes halogenated alkanes) is 3. The molecular formula is C26H31BrN2O6. The third kappa shape index (κ3) is 13.9. The highest BCUT2D eigenvalue weighted by Crippen LogP contribution is 2.16. The fourth-order valence-electron chi connectivity index (χ4n) is 2.84. The Labute approximate surface area is 214 Å². The van der Waals surface area contributed by atoms with Crippen LogP contribution >= 0.6 is 15.9 Å². The lowest BCUT2D eigenvalue weighted by molar-refractivity contribution is -0.134. The minimum absolute atomic E-state index is 0.0389. The predicted octanol–water partition coefficient (Wildman–Crippen LogP) is 4.84. The average molecular weight is 547 g/mol. The highest BCUT2D eigenvalue weighted by atomic mass is 79.9. The van der Waals surface area contributed by atoms with E-state index in [4.69, 9.17) is 14.9 Å². The molecular weight excluding hydrogens is 516 g/mol. The van der Waals surface area contributed by atoms with Crippen LogP contribution in [0, 0.1) is 0 Å². The summed E-state index contributed by atoms with van der Waals surface area (Å²) < 4.78 is 6.62.